The van der Waals surface area contributed by atoms with Crippen LogP contribution in [0.2, 0.25) is 0 Å². The predicted octanol–water partition coefficient (Wildman–Crippen LogP) is 2.38. The van der Waals surface area contributed by atoms with Gasteiger partial charge in [0.25, 0.3) is 0 Å². The van der Waals surface area contributed by atoms with Gasteiger partial charge in [0, 0.05) is 57.3 Å². The minimum Gasteiger partial charge on any atom is -0.484 e. The van der Waals surface area contributed by atoms with Crippen molar-refractivity contribution in [3.05, 3.63) is 54.9 Å². The Morgan fingerprint density at radius 1 is 0.972 bits per heavy atom. The lowest BCUT2D eigenvalue weighted by atomic mass is 10.2. The van der Waals surface area contributed by atoms with Gasteiger partial charge in [0.05, 0.1) is 5.69 Å². The molecule has 0 bridgehead atoms. The van der Waals surface area contributed by atoms with Crippen molar-refractivity contribution in [1.82, 2.24) is 14.9 Å². The zero-order valence-electron chi connectivity index (χ0n) is 20.1. The number of anilines is 2. The molecule has 3 N–H and O–H groups in total. The summed E-state index contributed by atoms with van der Waals surface area (Å²) in [4.78, 5) is 37.3. The molecule has 0 aliphatic carbocycles. The fourth-order valence-electron chi connectivity index (χ4n) is 3.73. The molecule has 2 aromatic rings. The first-order valence-corrected chi connectivity index (χ1v) is 11.9. The molecule has 1 saturated heterocycles. The van der Waals surface area contributed by atoms with Crippen LogP contribution in [0.15, 0.2) is 59.9 Å². The van der Waals surface area contributed by atoms with E-state index in [1.165, 1.54) is 12.8 Å². The molecule has 0 amide bonds. The van der Waals surface area contributed by atoms with E-state index in [1.54, 1.807) is 0 Å². The third-order valence-electron chi connectivity index (χ3n) is 5.54. The molecular weight excluding hydrogens is 464 g/mol. The van der Waals surface area contributed by atoms with E-state index >= 15 is 0 Å². The number of carbonyl (C=O) groups is 2. The standard InChI is InChI=1S/C21H28N6O.C4H4O4/c1(4-9-22-20-17-28-19-8-3-2-7-18(19)25-20)5-12-26-13-15-27(16-14-26)21-23-10-6-11-24-21;5-3(6)1-2-4(7)8/h2-3,6-8,10-11H,1,4-5,9,12-17H2,(H,22,25);1-2H,(H,5,6)(H,7,8)/b;2-1+. The molecule has 2 aliphatic heterocycles. The molecule has 2 aliphatic rings. The van der Waals surface area contributed by atoms with Gasteiger partial charge in [0.15, 0.2) is 0 Å². The lowest BCUT2D eigenvalue weighted by Gasteiger charge is -2.34. The molecule has 0 atom stereocenters. The van der Waals surface area contributed by atoms with E-state index in [0.717, 1.165) is 68.9 Å². The summed E-state index contributed by atoms with van der Waals surface area (Å²) < 4.78 is 5.72. The van der Waals surface area contributed by atoms with Gasteiger partial charge in [-0.25, -0.2) is 19.6 Å². The van der Waals surface area contributed by atoms with Gasteiger partial charge in [-0.15, -0.1) is 0 Å². The van der Waals surface area contributed by atoms with Crippen molar-refractivity contribution in [3.63, 3.8) is 0 Å². The van der Waals surface area contributed by atoms with Crippen molar-refractivity contribution in [2.45, 2.75) is 19.3 Å². The van der Waals surface area contributed by atoms with Crippen LogP contribution in [0.25, 0.3) is 0 Å². The maximum absolute atomic E-state index is 9.55. The van der Waals surface area contributed by atoms with E-state index in [1.807, 2.05) is 42.7 Å². The number of nitrogens with zero attached hydrogens (tertiary/aromatic N) is 5. The number of fused-ring (bicyclic) bond motifs is 1. The van der Waals surface area contributed by atoms with E-state index in [2.05, 4.69) is 30.1 Å². The maximum Gasteiger partial charge on any atom is 0.328 e. The van der Waals surface area contributed by atoms with Gasteiger partial charge in [-0.05, 0) is 37.6 Å². The topological polar surface area (TPSA) is 140 Å². The number of para-hydroxylation sites is 2. The fourth-order valence-corrected chi connectivity index (χ4v) is 3.73. The smallest absolute Gasteiger partial charge is 0.328 e. The van der Waals surface area contributed by atoms with Crippen LogP contribution in [0, 0.1) is 0 Å². The number of aliphatic imine (C=N–C) groups is 1. The van der Waals surface area contributed by atoms with Gasteiger partial charge in [-0.1, -0.05) is 18.6 Å². The first-order valence-electron chi connectivity index (χ1n) is 11.9. The average molecular weight is 497 g/mol. The highest BCUT2D eigenvalue weighted by molar-refractivity contribution is 5.99. The highest BCUT2D eigenvalue weighted by Gasteiger charge is 2.18. The van der Waals surface area contributed by atoms with E-state index in [4.69, 9.17) is 14.9 Å². The van der Waals surface area contributed by atoms with E-state index in [9.17, 15) is 9.59 Å². The SMILES string of the molecule is O=C(O)/C=C/C(=O)O.c1cnc(N2CCN(CCCCCN=C3COc4ccccc4N3)CC2)nc1. The second-order valence-electron chi connectivity index (χ2n) is 8.19. The van der Waals surface area contributed by atoms with Crippen LogP contribution in [0.3, 0.4) is 0 Å². The summed E-state index contributed by atoms with van der Waals surface area (Å²) in [6.45, 7) is 6.73. The van der Waals surface area contributed by atoms with Gasteiger partial charge < -0.3 is 25.2 Å². The van der Waals surface area contributed by atoms with E-state index in [0.29, 0.717) is 18.8 Å². The number of amidine groups is 1. The molecular formula is C25H32N6O5. The molecule has 1 aromatic heterocycles. The first-order chi connectivity index (χ1) is 17.5. The zero-order valence-corrected chi connectivity index (χ0v) is 20.1. The van der Waals surface area contributed by atoms with Crippen LogP contribution < -0.4 is 15.0 Å². The van der Waals surface area contributed by atoms with Gasteiger partial charge in [0.2, 0.25) is 5.95 Å². The number of ether oxygens (including phenoxy) is 1. The van der Waals surface area contributed by atoms with Crippen LogP contribution in [0.1, 0.15) is 19.3 Å². The average Bonchev–Trinajstić information content (AvgIpc) is 2.90. The van der Waals surface area contributed by atoms with Gasteiger partial charge in [0.1, 0.15) is 18.2 Å². The third-order valence-corrected chi connectivity index (χ3v) is 5.54. The molecule has 11 nitrogen and oxygen atoms in total. The molecule has 3 heterocycles. The van der Waals surface area contributed by atoms with Crippen molar-refractivity contribution in [3.8, 4) is 5.75 Å². The number of aliphatic carboxylic acids is 2. The number of piperazine rings is 1. The van der Waals surface area contributed by atoms with Crippen molar-refractivity contribution in [2.24, 2.45) is 4.99 Å². The Labute approximate surface area is 210 Å². The number of benzene rings is 1. The number of aromatic nitrogens is 2. The molecule has 0 saturated carbocycles. The first kappa shape index (κ1) is 26.6. The Balaban J connectivity index is 0.000000392. The maximum atomic E-state index is 9.55. The second kappa shape index (κ2) is 14.4. The number of nitrogens with one attached hydrogen (secondary N) is 1. The van der Waals surface area contributed by atoms with E-state index < -0.39 is 11.9 Å². The molecule has 0 radical (unpaired) electrons. The largest absolute Gasteiger partial charge is 0.484 e. The Bertz CT molecular complexity index is 1020. The molecule has 1 aromatic carbocycles. The van der Waals surface area contributed by atoms with Crippen molar-refractivity contribution in [2.75, 3.05) is 56.1 Å². The number of carboxylic acid groups (broad SMARTS) is 2. The second-order valence-corrected chi connectivity index (χ2v) is 8.19. The number of carboxylic acids is 2. The molecule has 0 unspecified atom stereocenters. The van der Waals surface area contributed by atoms with Gasteiger partial charge in [-0.2, -0.15) is 0 Å². The van der Waals surface area contributed by atoms with Gasteiger partial charge >= 0.3 is 11.9 Å². The molecule has 36 heavy (non-hydrogen) atoms. The number of rotatable bonds is 9. The highest BCUT2D eigenvalue weighted by atomic mass is 16.5. The highest BCUT2D eigenvalue weighted by Crippen LogP contribution is 2.26. The summed E-state index contributed by atoms with van der Waals surface area (Å²) in [6, 6.07) is 9.85. The summed E-state index contributed by atoms with van der Waals surface area (Å²) >= 11 is 0. The summed E-state index contributed by atoms with van der Waals surface area (Å²) in [5.74, 6) is 0.169. The lowest BCUT2D eigenvalue weighted by molar-refractivity contribution is -0.134. The van der Waals surface area contributed by atoms with Crippen molar-refractivity contribution in [1.29, 1.82) is 0 Å². The summed E-state index contributed by atoms with van der Waals surface area (Å²) in [5, 5.41) is 19.0. The quantitative estimate of drug-likeness (QED) is 0.350. The number of hydrogen-bond donors (Lipinski definition) is 3. The summed E-state index contributed by atoms with van der Waals surface area (Å²) in [5.41, 5.74) is 1.01. The molecule has 1 fully saturated rings. The molecule has 11 heteroatoms. The monoisotopic (exact) mass is 496 g/mol. The molecule has 192 valence electrons. The zero-order chi connectivity index (χ0) is 25.6. The van der Waals surface area contributed by atoms with Crippen LogP contribution in [0.5, 0.6) is 5.75 Å². The Morgan fingerprint density at radius 3 is 2.36 bits per heavy atom. The Hall–Kier alpha value is -3.99. The fraction of sp³-hybridized carbons (Fsp3) is 0.400. The minimum absolute atomic E-state index is 0.534. The summed E-state index contributed by atoms with van der Waals surface area (Å²) in [7, 11) is 0. The van der Waals surface area contributed by atoms with Crippen LogP contribution in [-0.4, -0.2) is 88.7 Å². The minimum atomic E-state index is -1.26. The normalized spacial score (nSPS) is 16.4. The third kappa shape index (κ3) is 9.34. The van der Waals surface area contributed by atoms with Crippen LogP contribution in [0.4, 0.5) is 11.6 Å². The van der Waals surface area contributed by atoms with Crippen LogP contribution in [-0.2, 0) is 9.59 Å². The van der Waals surface area contributed by atoms with Crippen molar-refractivity contribution >= 4 is 29.4 Å². The number of unbranched alkanes of at least 4 members (excludes halogenated alkanes) is 2. The predicted molar refractivity (Wildman–Crippen MR) is 137 cm³/mol. The molecule has 0 spiro atoms. The van der Waals surface area contributed by atoms with Crippen molar-refractivity contribution < 1.29 is 24.5 Å². The number of hydrogen-bond acceptors (Lipinski definition) is 8. The van der Waals surface area contributed by atoms with Gasteiger partial charge in [-0.3, -0.25) is 9.89 Å². The molecule has 4 rings (SSSR count). The van der Waals surface area contributed by atoms with Crippen LogP contribution >= 0.6 is 0 Å². The Kier molecular flexibility index (Phi) is 10.7. The van der Waals surface area contributed by atoms with E-state index in [-0.39, 0.29) is 0 Å². The lowest BCUT2D eigenvalue weighted by Crippen LogP contribution is -2.47. The Morgan fingerprint density at radius 2 is 1.67 bits per heavy atom. The summed E-state index contributed by atoms with van der Waals surface area (Å²) in [6.07, 6.45) is 8.28.